The molecule has 0 unspecified atom stereocenters. The molecular formula is C12H19NO. The summed E-state index contributed by atoms with van der Waals surface area (Å²) >= 11 is 0. The van der Waals surface area contributed by atoms with Crippen LogP contribution in [0.5, 0.6) is 0 Å². The minimum Gasteiger partial charge on any atom is -0.448 e. The molecule has 0 spiro atoms. The Morgan fingerprint density at radius 2 is 1.79 bits per heavy atom. The zero-order chi connectivity index (χ0) is 10.8. The molecule has 2 aromatic heterocycles. The van der Waals surface area contributed by atoms with Gasteiger partial charge in [-0.2, -0.15) is 0 Å². The molecule has 2 heterocycles. The monoisotopic (exact) mass is 193 g/mol. The van der Waals surface area contributed by atoms with E-state index in [1.807, 2.05) is 19.9 Å². The highest BCUT2D eigenvalue weighted by Gasteiger charge is 2.16. The molecule has 2 heteroatoms. The van der Waals surface area contributed by atoms with Gasteiger partial charge in [0.1, 0.15) is 0 Å². The van der Waals surface area contributed by atoms with Gasteiger partial charge in [0.2, 0.25) is 5.71 Å². The number of furan rings is 1. The van der Waals surface area contributed by atoms with Crippen LogP contribution in [0.2, 0.25) is 0 Å². The fourth-order valence-electron chi connectivity index (χ4n) is 1.38. The average molecular weight is 193 g/mol. The molecule has 2 rings (SSSR count). The van der Waals surface area contributed by atoms with E-state index in [1.54, 1.807) is 6.26 Å². The van der Waals surface area contributed by atoms with E-state index in [0.717, 1.165) is 5.71 Å². The zero-order valence-corrected chi connectivity index (χ0v) is 9.66. The van der Waals surface area contributed by atoms with Gasteiger partial charge in [-0.15, -0.1) is 0 Å². The molecule has 0 saturated heterocycles. The van der Waals surface area contributed by atoms with Crippen LogP contribution in [0.15, 0.2) is 29.0 Å². The van der Waals surface area contributed by atoms with Crippen LogP contribution in [0.4, 0.5) is 0 Å². The summed E-state index contributed by atoms with van der Waals surface area (Å²) in [4.78, 5) is 0. The van der Waals surface area contributed by atoms with Crippen molar-refractivity contribution in [2.24, 2.45) is 0 Å². The van der Waals surface area contributed by atoms with Gasteiger partial charge in [-0.05, 0) is 32.9 Å². The Kier molecular flexibility index (Phi) is 3.04. The molecule has 0 bridgehead atoms. The van der Waals surface area contributed by atoms with Crippen LogP contribution in [-0.4, -0.2) is 4.57 Å². The first-order valence-electron chi connectivity index (χ1n) is 5.14. The third-order valence-electron chi connectivity index (χ3n) is 2.02. The van der Waals surface area contributed by atoms with Crippen LogP contribution in [0, 0.1) is 0 Å². The lowest BCUT2D eigenvalue weighted by Crippen LogP contribution is -2.20. The van der Waals surface area contributed by atoms with E-state index in [2.05, 4.69) is 37.6 Å². The van der Waals surface area contributed by atoms with E-state index in [0.29, 0.717) is 0 Å². The SMILES string of the molecule is CC.CC(C)(C)n1ccc2ccoc21. The molecule has 2 aromatic rings. The van der Waals surface area contributed by atoms with E-state index in [9.17, 15) is 0 Å². The van der Waals surface area contributed by atoms with Crippen molar-refractivity contribution in [3.63, 3.8) is 0 Å². The average Bonchev–Trinajstić information content (AvgIpc) is 2.64. The second-order valence-corrected chi connectivity index (χ2v) is 4.04. The lowest BCUT2D eigenvalue weighted by Gasteiger charge is -2.20. The van der Waals surface area contributed by atoms with E-state index in [-0.39, 0.29) is 5.54 Å². The predicted molar refractivity (Wildman–Crippen MR) is 60.5 cm³/mol. The number of rotatable bonds is 0. The largest absolute Gasteiger partial charge is 0.448 e. The van der Waals surface area contributed by atoms with E-state index >= 15 is 0 Å². The first-order valence-corrected chi connectivity index (χ1v) is 5.14. The summed E-state index contributed by atoms with van der Waals surface area (Å²) in [7, 11) is 0. The summed E-state index contributed by atoms with van der Waals surface area (Å²) in [6, 6.07) is 4.06. The van der Waals surface area contributed by atoms with Gasteiger partial charge in [0.25, 0.3) is 0 Å². The molecule has 0 aromatic carbocycles. The normalized spacial score (nSPS) is 11.2. The molecule has 0 amide bonds. The summed E-state index contributed by atoms with van der Waals surface area (Å²) in [5.74, 6) is 0. The van der Waals surface area contributed by atoms with Gasteiger partial charge in [-0.25, -0.2) is 0 Å². The van der Waals surface area contributed by atoms with Gasteiger partial charge < -0.3 is 8.98 Å². The molecule has 0 N–H and O–H groups in total. The third kappa shape index (κ3) is 1.84. The lowest BCUT2D eigenvalue weighted by molar-refractivity contribution is 0.388. The molecule has 0 atom stereocenters. The summed E-state index contributed by atoms with van der Waals surface area (Å²) in [5, 5.41) is 1.17. The number of nitrogens with zero attached hydrogens (tertiary/aromatic N) is 1. The van der Waals surface area contributed by atoms with Crippen LogP contribution in [-0.2, 0) is 5.54 Å². The number of fused-ring (bicyclic) bond motifs is 1. The summed E-state index contributed by atoms with van der Waals surface area (Å²) in [5.41, 5.74) is 1.06. The van der Waals surface area contributed by atoms with Crippen molar-refractivity contribution < 1.29 is 4.42 Å². The Morgan fingerprint density at radius 1 is 1.14 bits per heavy atom. The molecular weight excluding hydrogens is 174 g/mol. The van der Waals surface area contributed by atoms with Crippen molar-refractivity contribution in [2.75, 3.05) is 0 Å². The number of aromatic nitrogens is 1. The zero-order valence-electron chi connectivity index (χ0n) is 9.66. The van der Waals surface area contributed by atoms with Gasteiger partial charge >= 0.3 is 0 Å². The Hall–Kier alpha value is -1.18. The second kappa shape index (κ2) is 3.91. The van der Waals surface area contributed by atoms with Crippen LogP contribution < -0.4 is 0 Å². The first kappa shape index (κ1) is 10.9. The highest BCUT2D eigenvalue weighted by Crippen LogP contribution is 2.23. The Labute approximate surface area is 85.5 Å². The molecule has 0 aliphatic carbocycles. The molecule has 14 heavy (non-hydrogen) atoms. The van der Waals surface area contributed by atoms with E-state index < -0.39 is 0 Å². The molecule has 78 valence electrons. The summed E-state index contributed by atoms with van der Waals surface area (Å²) in [6.45, 7) is 10.5. The predicted octanol–water partition coefficient (Wildman–Crippen LogP) is 4.02. The third-order valence-corrected chi connectivity index (χ3v) is 2.02. The quantitative estimate of drug-likeness (QED) is 0.618. The van der Waals surface area contributed by atoms with Gasteiger partial charge in [0.15, 0.2) is 0 Å². The fourth-order valence-corrected chi connectivity index (χ4v) is 1.38. The van der Waals surface area contributed by atoms with Gasteiger partial charge in [0.05, 0.1) is 6.26 Å². The Morgan fingerprint density at radius 3 is 2.36 bits per heavy atom. The summed E-state index contributed by atoms with van der Waals surface area (Å²) < 4.78 is 7.52. The number of hydrogen-bond acceptors (Lipinski definition) is 1. The minimum atomic E-state index is 0.0968. The minimum absolute atomic E-state index is 0.0968. The second-order valence-electron chi connectivity index (χ2n) is 4.04. The Balaban J connectivity index is 0.000000461. The topological polar surface area (TPSA) is 18.1 Å². The van der Waals surface area contributed by atoms with Crippen molar-refractivity contribution >= 4 is 11.1 Å². The van der Waals surface area contributed by atoms with Crippen molar-refractivity contribution in [3.05, 3.63) is 24.6 Å². The molecule has 0 saturated carbocycles. The molecule has 0 fully saturated rings. The van der Waals surface area contributed by atoms with E-state index in [4.69, 9.17) is 4.42 Å². The first-order chi connectivity index (χ1) is 6.59. The van der Waals surface area contributed by atoms with Crippen molar-refractivity contribution in [2.45, 2.75) is 40.2 Å². The summed E-state index contributed by atoms with van der Waals surface area (Å²) in [6.07, 6.45) is 3.79. The maximum atomic E-state index is 5.38. The Bertz CT molecular complexity index is 390. The molecule has 0 aliphatic rings. The smallest absolute Gasteiger partial charge is 0.207 e. The highest BCUT2D eigenvalue weighted by atomic mass is 16.3. The highest BCUT2D eigenvalue weighted by molar-refractivity contribution is 5.74. The van der Waals surface area contributed by atoms with E-state index in [1.165, 1.54) is 5.39 Å². The fraction of sp³-hybridized carbons (Fsp3) is 0.500. The van der Waals surface area contributed by atoms with Gasteiger partial charge in [-0.3, -0.25) is 0 Å². The maximum Gasteiger partial charge on any atom is 0.207 e. The molecule has 2 nitrogen and oxygen atoms in total. The van der Waals surface area contributed by atoms with Crippen LogP contribution in [0.25, 0.3) is 11.1 Å². The molecule has 0 radical (unpaired) electrons. The molecule has 0 aliphatic heterocycles. The lowest BCUT2D eigenvalue weighted by atomic mass is 10.1. The van der Waals surface area contributed by atoms with Gasteiger partial charge in [-0.1, -0.05) is 13.8 Å². The van der Waals surface area contributed by atoms with Crippen LogP contribution >= 0.6 is 0 Å². The van der Waals surface area contributed by atoms with Crippen LogP contribution in [0.1, 0.15) is 34.6 Å². The van der Waals surface area contributed by atoms with Crippen molar-refractivity contribution in [1.82, 2.24) is 4.57 Å². The standard InChI is InChI=1S/C10H13NO.C2H6/c1-10(2,3)11-6-4-8-5-7-12-9(8)11;1-2/h4-7H,1-3H3;1-2H3. The van der Waals surface area contributed by atoms with Crippen LogP contribution in [0.3, 0.4) is 0 Å². The van der Waals surface area contributed by atoms with Crippen molar-refractivity contribution in [3.8, 4) is 0 Å². The van der Waals surface area contributed by atoms with Crippen molar-refractivity contribution in [1.29, 1.82) is 0 Å². The van der Waals surface area contributed by atoms with Gasteiger partial charge in [0, 0.05) is 17.1 Å². The maximum absolute atomic E-state index is 5.38. The number of hydrogen-bond donors (Lipinski definition) is 0.